The monoisotopic (exact) mass is 441 g/mol. The Labute approximate surface area is 185 Å². The molecule has 31 heavy (non-hydrogen) atoms. The van der Waals surface area contributed by atoms with Gasteiger partial charge in [-0.3, -0.25) is 18.8 Å². The van der Waals surface area contributed by atoms with Gasteiger partial charge in [0.1, 0.15) is 0 Å². The molecular formula is C22H27N5O3S. The van der Waals surface area contributed by atoms with Crippen molar-refractivity contribution in [1.82, 2.24) is 19.3 Å². The van der Waals surface area contributed by atoms with Crippen LogP contribution in [0.25, 0.3) is 10.9 Å². The van der Waals surface area contributed by atoms with Crippen LogP contribution in [0, 0.1) is 4.77 Å². The van der Waals surface area contributed by atoms with Crippen molar-refractivity contribution < 1.29 is 9.53 Å². The Balaban J connectivity index is 1.20. The first-order chi connectivity index (χ1) is 15.1. The molecule has 8 nitrogen and oxygen atoms in total. The third-order valence-corrected chi connectivity index (χ3v) is 5.83. The summed E-state index contributed by atoms with van der Waals surface area (Å²) in [6, 6.07) is 7.36. The summed E-state index contributed by atoms with van der Waals surface area (Å²) in [5, 5.41) is 7.82. The van der Waals surface area contributed by atoms with Gasteiger partial charge in [-0.05, 0) is 50.0 Å². The number of anilines is 1. The second-order valence-electron chi connectivity index (χ2n) is 7.88. The van der Waals surface area contributed by atoms with Gasteiger partial charge in [0.15, 0.2) is 4.77 Å². The van der Waals surface area contributed by atoms with E-state index in [0.717, 1.165) is 44.2 Å². The molecule has 0 unspecified atom stereocenters. The molecule has 0 saturated carbocycles. The molecule has 1 aromatic carbocycles. The first-order valence-corrected chi connectivity index (χ1v) is 11.2. The SMILES string of the molecule is O=C(CCCCCn1c(=S)[nH]c2ccccc2c1=O)Nc1cnn(C[C@@H]2CCCO2)c1. The van der Waals surface area contributed by atoms with E-state index < -0.39 is 0 Å². The summed E-state index contributed by atoms with van der Waals surface area (Å²) < 4.78 is 9.46. The van der Waals surface area contributed by atoms with Crippen molar-refractivity contribution in [2.24, 2.45) is 0 Å². The van der Waals surface area contributed by atoms with E-state index in [9.17, 15) is 9.59 Å². The first-order valence-electron chi connectivity index (χ1n) is 10.8. The van der Waals surface area contributed by atoms with Crippen LogP contribution in [0.2, 0.25) is 0 Å². The van der Waals surface area contributed by atoms with E-state index in [1.807, 2.05) is 29.1 Å². The molecule has 9 heteroatoms. The van der Waals surface area contributed by atoms with Gasteiger partial charge >= 0.3 is 0 Å². The molecule has 0 bridgehead atoms. The van der Waals surface area contributed by atoms with Crippen LogP contribution in [0.3, 0.4) is 0 Å². The molecule has 4 rings (SSSR count). The maximum atomic E-state index is 12.6. The van der Waals surface area contributed by atoms with E-state index in [1.165, 1.54) is 0 Å². The minimum absolute atomic E-state index is 0.0307. The van der Waals surface area contributed by atoms with Crippen LogP contribution >= 0.6 is 12.2 Å². The zero-order valence-corrected chi connectivity index (χ0v) is 18.2. The second-order valence-corrected chi connectivity index (χ2v) is 8.26. The zero-order valence-electron chi connectivity index (χ0n) is 17.4. The molecule has 1 aliphatic heterocycles. The Kier molecular flexibility index (Phi) is 6.93. The van der Waals surface area contributed by atoms with E-state index in [2.05, 4.69) is 15.4 Å². The predicted molar refractivity (Wildman–Crippen MR) is 122 cm³/mol. The number of nitrogens with one attached hydrogen (secondary N) is 2. The molecule has 164 valence electrons. The Bertz CT molecular complexity index is 1160. The number of carbonyl (C=O) groups excluding carboxylic acids is 1. The number of aromatic nitrogens is 4. The van der Waals surface area contributed by atoms with Crippen molar-refractivity contribution in [2.75, 3.05) is 11.9 Å². The zero-order chi connectivity index (χ0) is 21.6. The fourth-order valence-corrected chi connectivity index (χ4v) is 4.17. The highest BCUT2D eigenvalue weighted by Gasteiger charge is 2.16. The maximum absolute atomic E-state index is 12.6. The summed E-state index contributed by atoms with van der Waals surface area (Å²) in [6.07, 6.45) is 8.66. The van der Waals surface area contributed by atoms with Crippen molar-refractivity contribution in [3.8, 4) is 0 Å². The molecule has 1 saturated heterocycles. The summed E-state index contributed by atoms with van der Waals surface area (Å²) in [5.74, 6) is -0.0307. The molecule has 1 amide bonds. The standard InChI is InChI=1S/C22H27N5O3S/c28-20(24-16-13-23-26(14-16)15-17-7-6-12-30-17)10-2-1-5-11-27-21(29)18-8-3-4-9-19(18)25-22(27)31/h3-4,8-9,13-14,17H,1-2,5-7,10-12,15H2,(H,24,28)(H,25,31)/t17-/m0/s1. The Morgan fingerprint density at radius 1 is 1.29 bits per heavy atom. The van der Waals surface area contributed by atoms with E-state index in [0.29, 0.717) is 35.4 Å². The quantitative estimate of drug-likeness (QED) is 0.391. The third kappa shape index (κ3) is 5.48. The highest BCUT2D eigenvalue weighted by molar-refractivity contribution is 7.71. The van der Waals surface area contributed by atoms with Gasteiger partial charge in [0.25, 0.3) is 5.56 Å². The number of para-hydroxylation sites is 1. The van der Waals surface area contributed by atoms with Gasteiger partial charge in [-0.2, -0.15) is 5.10 Å². The van der Waals surface area contributed by atoms with Crippen LogP contribution in [-0.2, 0) is 22.6 Å². The molecule has 0 radical (unpaired) electrons. The number of rotatable bonds is 9. The molecule has 1 fully saturated rings. The van der Waals surface area contributed by atoms with Crippen molar-refractivity contribution in [3.05, 3.63) is 51.8 Å². The van der Waals surface area contributed by atoms with Gasteiger partial charge < -0.3 is 15.0 Å². The van der Waals surface area contributed by atoms with Crippen molar-refractivity contribution >= 4 is 34.7 Å². The molecule has 2 aromatic heterocycles. The van der Waals surface area contributed by atoms with Crippen molar-refractivity contribution in [3.63, 3.8) is 0 Å². The number of fused-ring (bicyclic) bond motifs is 1. The van der Waals surface area contributed by atoms with Crippen LogP contribution < -0.4 is 10.9 Å². The number of ether oxygens (including phenoxy) is 1. The number of amides is 1. The molecule has 1 atom stereocenters. The summed E-state index contributed by atoms with van der Waals surface area (Å²) in [6.45, 7) is 2.07. The summed E-state index contributed by atoms with van der Waals surface area (Å²) in [7, 11) is 0. The van der Waals surface area contributed by atoms with Gasteiger partial charge in [0, 0.05) is 25.8 Å². The van der Waals surface area contributed by atoms with Gasteiger partial charge in [0.05, 0.1) is 35.4 Å². The number of hydrogen-bond acceptors (Lipinski definition) is 5. The predicted octanol–water partition coefficient (Wildman–Crippen LogP) is 3.63. The summed E-state index contributed by atoms with van der Waals surface area (Å²) in [5.41, 5.74) is 1.39. The van der Waals surface area contributed by atoms with Crippen LogP contribution in [0.1, 0.15) is 38.5 Å². The van der Waals surface area contributed by atoms with E-state index in [-0.39, 0.29) is 17.6 Å². The lowest BCUT2D eigenvalue weighted by Crippen LogP contribution is -2.22. The Morgan fingerprint density at radius 2 is 2.16 bits per heavy atom. The minimum atomic E-state index is -0.0721. The van der Waals surface area contributed by atoms with Crippen LogP contribution in [0.4, 0.5) is 5.69 Å². The second kappa shape index (κ2) is 10.0. The molecule has 0 spiro atoms. The number of hydrogen-bond donors (Lipinski definition) is 2. The number of nitrogens with zero attached hydrogens (tertiary/aromatic N) is 3. The van der Waals surface area contributed by atoms with Crippen molar-refractivity contribution in [1.29, 1.82) is 0 Å². The van der Waals surface area contributed by atoms with E-state index in [1.54, 1.807) is 16.8 Å². The lowest BCUT2D eigenvalue weighted by molar-refractivity contribution is -0.116. The van der Waals surface area contributed by atoms with E-state index >= 15 is 0 Å². The van der Waals surface area contributed by atoms with Crippen molar-refractivity contribution in [2.45, 2.75) is 57.7 Å². The van der Waals surface area contributed by atoms with Crippen LogP contribution in [-0.4, -0.2) is 37.9 Å². The number of benzene rings is 1. The van der Waals surface area contributed by atoms with Gasteiger partial charge in [-0.15, -0.1) is 0 Å². The largest absolute Gasteiger partial charge is 0.376 e. The highest BCUT2D eigenvalue weighted by Crippen LogP contribution is 2.15. The average molecular weight is 442 g/mol. The van der Waals surface area contributed by atoms with Crippen LogP contribution in [0.5, 0.6) is 0 Å². The Morgan fingerprint density at radius 3 is 3.00 bits per heavy atom. The number of H-pyrrole nitrogens is 1. The molecule has 2 N–H and O–H groups in total. The highest BCUT2D eigenvalue weighted by atomic mass is 32.1. The molecular weight excluding hydrogens is 414 g/mol. The van der Waals surface area contributed by atoms with E-state index in [4.69, 9.17) is 17.0 Å². The van der Waals surface area contributed by atoms with Gasteiger partial charge in [-0.1, -0.05) is 18.6 Å². The smallest absolute Gasteiger partial charge is 0.262 e. The topological polar surface area (TPSA) is 93.9 Å². The molecule has 0 aliphatic carbocycles. The fraction of sp³-hybridized carbons (Fsp3) is 0.455. The fourth-order valence-electron chi connectivity index (χ4n) is 3.88. The first kappa shape index (κ1) is 21.5. The molecule has 1 aliphatic rings. The van der Waals surface area contributed by atoms with Gasteiger partial charge in [-0.25, -0.2) is 0 Å². The van der Waals surface area contributed by atoms with Gasteiger partial charge in [0.2, 0.25) is 5.91 Å². The summed E-state index contributed by atoms with van der Waals surface area (Å²) >= 11 is 5.33. The minimum Gasteiger partial charge on any atom is -0.376 e. The normalized spacial score (nSPS) is 16.1. The average Bonchev–Trinajstić information content (AvgIpc) is 3.42. The van der Waals surface area contributed by atoms with Crippen LogP contribution in [0.15, 0.2) is 41.5 Å². The number of carbonyl (C=O) groups is 1. The lowest BCUT2D eigenvalue weighted by Gasteiger charge is -2.08. The lowest BCUT2D eigenvalue weighted by atomic mass is 10.2. The Hall–Kier alpha value is -2.78. The number of unbranched alkanes of at least 4 members (excludes halogenated alkanes) is 2. The molecule has 3 aromatic rings. The third-order valence-electron chi connectivity index (χ3n) is 5.51. The molecule has 3 heterocycles. The summed E-state index contributed by atoms with van der Waals surface area (Å²) in [4.78, 5) is 27.9. The maximum Gasteiger partial charge on any atom is 0.262 e. The number of aromatic amines is 1.